The summed E-state index contributed by atoms with van der Waals surface area (Å²) >= 11 is 4.01. The molecule has 0 radical (unpaired) electrons. The number of rotatable bonds is 4. The van der Waals surface area contributed by atoms with Gasteiger partial charge in [0, 0.05) is 16.9 Å². The third-order valence-electron chi connectivity index (χ3n) is 1.82. The fraction of sp³-hybridized carbons (Fsp3) is 0.0909. The molecule has 2 nitrogen and oxygen atoms in total. The minimum absolute atomic E-state index is 0.521. The van der Waals surface area contributed by atoms with Crippen molar-refractivity contribution in [3.8, 4) is 0 Å². The lowest BCUT2D eigenvalue weighted by molar-refractivity contribution is 0.112. The van der Waals surface area contributed by atoms with Crippen LogP contribution >= 0.6 is 12.6 Å². The van der Waals surface area contributed by atoms with Gasteiger partial charge in [-0.2, -0.15) is 12.6 Å². The summed E-state index contributed by atoms with van der Waals surface area (Å²) in [6.07, 6.45) is 5.01. The minimum atomic E-state index is 0.521. The van der Waals surface area contributed by atoms with Crippen molar-refractivity contribution in [1.82, 2.24) is 0 Å². The lowest BCUT2D eigenvalue weighted by Gasteiger charge is -2.01. The third kappa shape index (κ3) is 2.33. The Hall–Kier alpha value is -1.35. The molecule has 1 aromatic carbocycles. The summed E-state index contributed by atoms with van der Waals surface area (Å²) in [7, 11) is 0. The fourth-order valence-electron chi connectivity index (χ4n) is 1.17. The highest BCUT2D eigenvalue weighted by Crippen LogP contribution is 2.13. The molecular weight excluding hydrogens is 196 g/mol. The van der Waals surface area contributed by atoms with Crippen LogP contribution in [0.2, 0.25) is 0 Å². The van der Waals surface area contributed by atoms with Crippen molar-refractivity contribution in [2.75, 3.05) is 5.75 Å². The standard InChI is InChI=1S/C11H10O2S/c12-7-9-3-1-4-10(8-13)11(9)5-2-6-14/h1-5,7-8,14H,6H2. The number of thiol groups is 1. The number of benzene rings is 1. The van der Waals surface area contributed by atoms with E-state index in [1.807, 2.05) is 0 Å². The Bertz CT molecular complexity index is 343. The average molecular weight is 206 g/mol. The van der Waals surface area contributed by atoms with Crippen LogP contribution in [0.1, 0.15) is 26.3 Å². The van der Waals surface area contributed by atoms with Gasteiger partial charge < -0.3 is 0 Å². The number of hydrogen-bond donors (Lipinski definition) is 1. The zero-order valence-corrected chi connectivity index (χ0v) is 8.41. The minimum Gasteiger partial charge on any atom is -0.298 e. The van der Waals surface area contributed by atoms with Crippen molar-refractivity contribution < 1.29 is 9.59 Å². The van der Waals surface area contributed by atoms with E-state index in [1.165, 1.54) is 0 Å². The van der Waals surface area contributed by atoms with Crippen LogP contribution in [0.25, 0.3) is 6.08 Å². The highest BCUT2D eigenvalue weighted by molar-refractivity contribution is 7.80. The molecule has 14 heavy (non-hydrogen) atoms. The van der Waals surface area contributed by atoms with E-state index in [-0.39, 0.29) is 0 Å². The lowest BCUT2D eigenvalue weighted by atomic mass is 10.0. The second-order valence-electron chi connectivity index (χ2n) is 2.67. The Kier molecular flexibility index (Phi) is 4.13. The number of carbonyl (C=O) groups excluding carboxylic acids is 2. The molecule has 0 atom stereocenters. The van der Waals surface area contributed by atoms with Gasteiger partial charge in [-0.3, -0.25) is 9.59 Å². The molecule has 0 saturated heterocycles. The van der Waals surface area contributed by atoms with Crippen molar-refractivity contribution in [2.24, 2.45) is 0 Å². The lowest BCUT2D eigenvalue weighted by Crippen LogP contribution is -1.92. The molecule has 0 aromatic heterocycles. The Morgan fingerprint density at radius 1 is 1.14 bits per heavy atom. The van der Waals surface area contributed by atoms with Gasteiger partial charge in [0.25, 0.3) is 0 Å². The van der Waals surface area contributed by atoms with E-state index in [9.17, 15) is 9.59 Å². The first-order valence-electron chi connectivity index (χ1n) is 4.14. The second kappa shape index (κ2) is 5.40. The fourth-order valence-corrected chi connectivity index (χ4v) is 1.28. The van der Waals surface area contributed by atoms with E-state index in [0.717, 1.165) is 12.6 Å². The monoisotopic (exact) mass is 206 g/mol. The predicted octanol–water partition coefficient (Wildman–Crippen LogP) is 2.25. The van der Waals surface area contributed by atoms with Gasteiger partial charge in [0.1, 0.15) is 0 Å². The zero-order valence-electron chi connectivity index (χ0n) is 7.51. The first-order chi connectivity index (χ1) is 6.83. The van der Waals surface area contributed by atoms with Crippen LogP contribution in [0.15, 0.2) is 24.3 Å². The first-order valence-corrected chi connectivity index (χ1v) is 4.77. The van der Waals surface area contributed by atoms with E-state index in [0.29, 0.717) is 22.4 Å². The molecule has 0 unspecified atom stereocenters. The highest BCUT2D eigenvalue weighted by atomic mass is 32.1. The van der Waals surface area contributed by atoms with Crippen LogP contribution in [0.4, 0.5) is 0 Å². The van der Waals surface area contributed by atoms with Crippen LogP contribution in [0.5, 0.6) is 0 Å². The Morgan fingerprint density at radius 3 is 2.14 bits per heavy atom. The summed E-state index contributed by atoms with van der Waals surface area (Å²) in [6.45, 7) is 0. The van der Waals surface area contributed by atoms with Gasteiger partial charge in [-0.15, -0.1) is 0 Å². The molecule has 0 aliphatic carbocycles. The molecule has 0 aliphatic rings. The van der Waals surface area contributed by atoms with Crippen molar-refractivity contribution in [3.63, 3.8) is 0 Å². The van der Waals surface area contributed by atoms with Crippen LogP contribution in [0.3, 0.4) is 0 Å². The van der Waals surface area contributed by atoms with E-state index in [1.54, 1.807) is 30.4 Å². The van der Waals surface area contributed by atoms with Crippen molar-refractivity contribution >= 4 is 31.3 Å². The van der Waals surface area contributed by atoms with Gasteiger partial charge >= 0.3 is 0 Å². The van der Waals surface area contributed by atoms with E-state index < -0.39 is 0 Å². The maximum atomic E-state index is 10.7. The summed E-state index contributed by atoms with van der Waals surface area (Å²) in [6, 6.07) is 5.04. The average Bonchev–Trinajstić information content (AvgIpc) is 2.25. The quantitative estimate of drug-likeness (QED) is 0.605. The predicted molar refractivity (Wildman–Crippen MR) is 60.1 cm³/mol. The van der Waals surface area contributed by atoms with Crippen molar-refractivity contribution in [2.45, 2.75) is 0 Å². The SMILES string of the molecule is O=Cc1cccc(C=O)c1C=CCS. The highest BCUT2D eigenvalue weighted by Gasteiger charge is 2.02. The second-order valence-corrected chi connectivity index (χ2v) is 3.04. The number of carbonyl (C=O) groups is 2. The third-order valence-corrected chi connectivity index (χ3v) is 2.03. The van der Waals surface area contributed by atoms with Crippen LogP contribution in [-0.2, 0) is 0 Å². The summed E-state index contributed by atoms with van der Waals surface area (Å²) in [5.74, 6) is 0.575. The van der Waals surface area contributed by atoms with Gasteiger partial charge in [0.2, 0.25) is 0 Å². The first kappa shape index (κ1) is 10.7. The van der Waals surface area contributed by atoms with Crippen molar-refractivity contribution in [3.05, 3.63) is 41.0 Å². The Balaban J connectivity index is 3.25. The topological polar surface area (TPSA) is 34.1 Å². The summed E-state index contributed by atoms with van der Waals surface area (Å²) in [4.78, 5) is 21.4. The van der Waals surface area contributed by atoms with E-state index in [2.05, 4.69) is 12.6 Å². The molecule has 0 aliphatic heterocycles. The maximum Gasteiger partial charge on any atom is 0.150 e. The molecule has 0 fully saturated rings. The summed E-state index contributed by atoms with van der Waals surface area (Å²) in [5, 5.41) is 0. The van der Waals surface area contributed by atoms with Crippen LogP contribution in [0, 0.1) is 0 Å². The summed E-state index contributed by atoms with van der Waals surface area (Å²) < 4.78 is 0. The van der Waals surface area contributed by atoms with E-state index >= 15 is 0 Å². The van der Waals surface area contributed by atoms with Crippen molar-refractivity contribution in [1.29, 1.82) is 0 Å². The molecule has 0 bridgehead atoms. The van der Waals surface area contributed by atoms with Gasteiger partial charge in [-0.1, -0.05) is 30.4 Å². The molecule has 0 amide bonds. The normalized spacial score (nSPS) is 10.4. The summed E-state index contributed by atoms with van der Waals surface area (Å²) in [5.41, 5.74) is 1.70. The molecule has 0 heterocycles. The molecule has 1 aromatic rings. The van der Waals surface area contributed by atoms with Gasteiger partial charge in [-0.25, -0.2) is 0 Å². The van der Waals surface area contributed by atoms with Crippen LogP contribution < -0.4 is 0 Å². The molecule has 0 saturated carbocycles. The smallest absolute Gasteiger partial charge is 0.150 e. The molecule has 0 N–H and O–H groups in total. The molecule has 0 spiro atoms. The number of hydrogen-bond acceptors (Lipinski definition) is 3. The van der Waals surface area contributed by atoms with E-state index in [4.69, 9.17) is 0 Å². The molecule has 3 heteroatoms. The molecule has 72 valence electrons. The zero-order chi connectivity index (χ0) is 10.4. The molecular formula is C11H10O2S. The van der Waals surface area contributed by atoms with Gasteiger partial charge in [0.15, 0.2) is 12.6 Å². The molecule has 1 rings (SSSR count). The van der Waals surface area contributed by atoms with Crippen LogP contribution in [-0.4, -0.2) is 18.3 Å². The largest absolute Gasteiger partial charge is 0.298 e. The maximum absolute atomic E-state index is 10.7. The Labute approximate surface area is 88.0 Å². The Morgan fingerprint density at radius 2 is 1.71 bits per heavy atom. The number of aldehydes is 2. The van der Waals surface area contributed by atoms with Gasteiger partial charge in [-0.05, 0) is 5.56 Å². The van der Waals surface area contributed by atoms with Gasteiger partial charge in [0.05, 0.1) is 0 Å².